The van der Waals surface area contributed by atoms with E-state index in [-0.39, 0.29) is 0 Å². The minimum absolute atomic E-state index is 0.395. The maximum absolute atomic E-state index is 13.3. The third kappa shape index (κ3) is 9.29. The van der Waals surface area contributed by atoms with Crippen LogP contribution in [0.5, 0.6) is 0 Å². The summed E-state index contributed by atoms with van der Waals surface area (Å²) in [6, 6.07) is 30.6. The van der Waals surface area contributed by atoms with E-state index in [9.17, 15) is 8.42 Å². The van der Waals surface area contributed by atoms with Crippen molar-refractivity contribution < 1.29 is 8.42 Å². The molecule has 0 radical (unpaired) electrons. The van der Waals surface area contributed by atoms with Crippen LogP contribution in [-0.4, -0.2) is 50.3 Å². The standard InChI is InChI=1S/C35H48N2O2S/c1-2-26-37(40(38,39)35-21-10-5-11-22-35)27-13-20-34(33-18-8-4-9-19-33)25-30-36-28-23-32(24-29-36)17-12-16-31-14-6-3-7-15-31/h3-11,14-15,18-19,21-22,32,34H,2,12-13,16-17,20,23-30H2,1H3. The van der Waals surface area contributed by atoms with Gasteiger partial charge >= 0.3 is 0 Å². The first-order valence-corrected chi connectivity index (χ1v) is 16.9. The van der Waals surface area contributed by atoms with Crippen molar-refractivity contribution >= 4 is 10.0 Å². The third-order valence-corrected chi connectivity index (χ3v) is 10.4. The summed E-state index contributed by atoms with van der Waals surface area (Å²) in [6.07, 6.45) is 10.3. The van der Waals surface area contributed by atoms with E-state index in [4.69, 9.17) is 0 Å². The van der Waals surface area contributed by atoms with Crippen molar-refractivity contribution in [2.45, 2.75) is 75.5 Å². The van der Waals surface area contributed by atoms with E-state index in [1.807, 2.05) is 13.0 Å². The molecule has 4 nitrogen and oxygen atoms in total. The zero-order chi connectivity index (χ0) is 28.0. The molecule has 0 aromatic heterocycles. The highest BCUT2D eigenvalue weighted by molar-refractivity contribution is 7.89. The molecule has 0 amide bonds. The van der Waals surface area contributed by atoms with Gasteiger partial charge in [0.05, 0.1) is 4.90 Å². The van der Waals surface area contributed by atoms with Gasteiger partial charge < -0.3 is 4.90 Å². The van der Waals surface area contributed by atoms with Crippen molar-refractivity contribution in [2.75, 3.05) is 32.7 Å². The molecule has 5 heteroatoms. The summed E-state index contributed by atoms with van der Waals surface area (Å²) in [5.74, 6) is 1.31. The van der Waals surface area contributed by atoms with Gasteiger partial charge in [0.15, 0.2) is 0 Å². The molecule has 216 valence electrons. The smallest absolute Gasteiger partial charge is 0.243 e. The largest absolute Gasteiger partial charge is 0.303 e. The van der Waals surface area contributed by atoms with Crippen molar-refractivity contribution in [1.82, 2.24) is 9.21 Å². The Morgan fingerprint density at radius 2 is 1.43 bits per heavy atom. The van der Waals surface area contributed by atoms with Gasteiger partial charge in [0.2, 0.25) is 10.0 Å². The summed E-state index contributed by atoms with van der Waals surface area (Å²) < 4.78 is 28.3. The van der Waals surface area contributed by atoms with E-state index in [2.05, 4.69) is 65.6 Å². The molecule has 40 heavy (non-hydrogen) atoms. The van der Waals surface area contributed by atoms with E-state index in [1.54, 1.807) is 28.6 Å². The van der Waals surface area contributed by atoms with Gasteiger partial charge in [0, 0.05) is 13.1 Å². The summed E-state index contributed by atoms with van der Waals surface area (Å²) in [5.41, 5.74) is 2.84. The number of hydrogen-bond donors (Lipinski definition) is 0. The molecule has 1 aliphatic heterocycles. The van der Waals surface area contributed by atoms with Gasteiger partial charge in [0.25, 0.3) is 0 Å². The molecular weight excluding hydrogens is 512 g/mol. The number of rotatable bonds is 16. The minimum atomic E-state index is -3.46. The lowest BCUT2D eigenvalue weighted by Crippen LogP contribution is -2.35. The summed E-state index contributed by atoms with van der Waals surface area (Å²) >= 11 is 0. The maximum atomic E-state index is 13.3. The summed E-state index contributed by atoms with van der Waals surface area (Å²) in [5, 5.41) is 0. The lowest BCUT2D eigenvalue weighted by Gasteiger charge is -2.33. The number of sulfonamides is 1. The Morgan fingerprint density at radius 3 is 2.08 bits per heavy atom. The number of benzene rings is 3. The maximum Gasteiger partial charge on any atom is 0.243 e. The van der Waals surface area contributed by atoms with Crippen molar-refractivity contribution in [2.24, 2.45) is 5.92 Å². The van der Waals surface area contributed by atoms with Crippen LogP contribution in [0.1, 0.15) is 75.3 Å². The minimum Gasteiger partial charge on any atom is -0.303 e. The topological polar surface area (TPSA) is 40.6 Å². The number of nitrogens with zero attached hydrogens (tertiary/aromatic N) is 2. The van der Waals surface area contributed by atoms with Gasteiger partial charge in [-0.25, -0.2) is 8.42 Å². The number of likely N-dealkylation sites (tertiary alicyclic amines) is 1. The quantitative estimate of drug-likeness (QED) is 0.180. The fourth-order valence-corrected chi connectivity index (χ4v) is 7.73. The lowest BCUT2D eigenvalue weighted by molar-refractivity contribution is 0.172. The zero-order valence-corrected chi connectivity index (χ0v) is 25.2. The van der Waals surface area contributed by atoms with Crippen LogP contribution in [-0.2, 0) is 16.4 Å². The Kier molecular flexibility index (Phi) is 12.3. The second kappa shape index (κ2) is 16.1. The van der Waals surface area contributed by atoms with Gasteiger partial charge in [0.1, 0.15) is 0 Å². The highest BCUT2D eigenvalue weighted by atomic mass is 32.2. The summed E-state index contributed by atoms with van der Waals surface area (Å²) in [7, 11) is -3.46. The molecule has 0 aliphatic carbocycles. The second-order valence-corrected chi connectivity index (χ2v) is 13.4. The average molecular weight is 561 g/mol. The molecule has 1 aliphatic rings. The summed E-state index contributed by atoms with van der Waals surface area (Å²) in [4.78, 5) is 3.05. The van der Waals surface area contributed by atoms with Crippen LogP contribution >= 0.6 is 0 Å². The Balaban J connectivity index is 1.25. The molecule has 1 saturated heterocycles. The van der Waals surface area contributed by atoms with Crippen molar-refractivity contribution in [3.05, 3.63) is 102 Å². The molecular formula is C35H48N2O2S. The second-order valence-electron chi connectivity index (χ2n) is 11.4. The van der Waals surface area contributed by atoms with E-state index in [0.29, 0.717) is 23.9 Å². The first-order valence-electron chi connectivity index (χ1n) is 15.4. The molecule has 1 atom stereocenters. The molecule has 1 heterocycles. The Hall–Kier alpha value is -2.47. The van der Waals surface area contributed by atoms with Gasteiger partial charge in [-0.05, 0) is 106 Å². The fraction of sp³-hybridized carbons (Fsp3) is 0.486. The van der Waals surface area contributed by atoms with Gasteiger partial charge in [-0.3, -0.25) is 0 Å². The first kappa shape index (κ1) is 30.5. The summed E-state index contributed by atoms with van der Waals surface area (Å²) in [6.45, 7) is 6.72. The number of hydrogen-bond acceptors (Lipinski definition) is 3. The molecule has 0 N–H and O–H groups in total. The van der Waals surface area contributed by atoms with E-state index >= 15 is 0 Å². The van der Waals surface area contributed by atoms with E-state index < -0.39 is 10.0 Å². The van der Waals surface area contributed by atoms with Crippen LogP contribution in [0.25, 0.3) is 0 Å². The van der Waals surface area contributed by atoms with Crippen LogP contribution in [0.15, 0.2) is 95.9 Å². The van der Waals surface area contributed by atoms with Crippen LogP contribution in [0.4, 0.5) is 0 Å². The molecule has 3 aromatic carbocycles. The van der Waals surface area contributed by atoms with Crippen LogP contribution in [0.2, 0.25) is 0 Å². The average Bonchev–Trinajstić information content (AvgIpc) is 3.00. The predicted molar refractivity (Wildman–Crippen MR) is 167 cm³/mol. The monoisotopic (exact) mass is 560 g/mol. The van der Waals surface area contributed by atoms with E-state index in [1.165, 1.54) is 56.3 Å². The highest BCUT2D eigenvalue weighted by Gasteiger charge is 2.24. The fourth-order valence-electron chi connectivity index (χ4n) is 6.14. The van der Waals surface area contributed by atoms with Crippen LogP contribution in [0.3, 0.4) is 0 Å². The van der Waals surface area contributed by atoms with Crippen LogP contribution in [0, 0.1) is 5.92 Å². The number of piperidine rings is 1. The molecule has 0 spiro atoms. The molecule has 0 bridgehead atoms. The van der Waals surface area contributed by atoms with Crippen molar-refractivity contribution in [1.29, 1.82) is 0 Å². The Labute approximate surface area is 243 Å². The SMILES string of the molecule is CCCN(CCCC(CCN1CCC(CCCc2ccccc2)CC1)c1ccccc1)S(=O)(=O)c1ccccc1. The molecule has 1 fully saturated rings. The van der Waals surface area contributed by atoms with Crippen LogP contribution < -0.4 is 0 Å². The lowest BCUT2D eigenvalue weighted by atomic mass is 9.89. The van der Waals surface area contributed by atoms with Gasteiger partial charge in [-0.15, -0.1) is 0 Å². The van der Waals surface area contributed by atoms with Gasteiger partial charge in [-0.1, -0.05) is 92.2 Å². The third-order valence-electron chi connectivity index (χ3n) is 8.51. The Bertz CT molecular complexity index is 1190. The Morgan fingerprint density at radius 1 is 0.800 bits per heavy atom. The number of aryl methyl sites for hydroxylation is 1. The van der Waals surface area contributed by atoms with E-state index in [0.717, 1.165) is 38.1 Å². The van der Waals surface area contributed by atoms with Gasteiger partial charge in [-0.2, -0.15) is 4.31 Å². The molecule has 4 rings (SSSR count). The van der Waals surface area contributed by atoms with Crippen molar-refractivity contribution in [3.8, 4) is 0 Å². The van der Waals surface area contributed by atoms with Crippen molar-refractivity contribution in [3.63, 3.8) is 0 Å². The zero-order valence-electron chi connectivity index (χ0n) is 24.3. The first-order chi connectivity index (χ1) is 19.6. The predicted octanol–water partition coefficient (Wildman–Crippen LogP) is 7.78. The highest BCUT2D eigenvalue weighted by Crippen LogP contribution is 2.28. The molecule has 3 aromatic rings. The molecule has 1 unspecified atom stereocenters. The molecule has 0 saturated carbocycles. The normalized spacial score (nSPS) is 15.8.